The van der Waals surface area contributed by atoms with Crippen molar-refractivity contribution in [3.8, 4) is 0 Å². The van der Waals surface area contributed by atoms with Crippen molar-refractivity contribution in [1.29, 1.82) is 0 Å². The van der Waals surface area contributed by atoms with Gasteiger partial charge in [0.2, 0.25) is 23.6 Å². The summed E-state index contributed by atoms with van der Waals surface area (Å²) in [5.41, 5.74) is 0.838. The lowest BCUT2D eigenvalue weighted by Gasteiger charge is -2.28. The van der Waals surface area contributed by atoms with Gasteiger partial charge in [0.1, 0.15) is 30.3 Å². The van der Waals surface area contributed by atoms with Gasteiger partial charge in [0, 0.05) is 6.42 Å². The van der Waals surface area contributed by atoms with E-state index in [0.717, 1.165) is 24.8 Å². The molecule has 1 fully saturated rings. The van der Waals surface area contributed by atoms with Gasteiger partial charge in [-0.2, -0.15) is 0 Å². The molecule has 1 aromatic rings. The van der Waals surface area contributed by atoms with Crippen LogP contribution in [0.25, 0.3) is 0 Å². The van der Waals surface area contributed by atoms with Gasteiger partial charge in [-0.25, -0.2) is 4.79 Å². The van der Waals surface area contributed by atoms with E-state index in [-0.39, 0.29) is 24.7 Å². The van der Waals surface area contributed by atoms with Crippen molar-refractivity contribution in [2.45, 2.75) is 123 Å². The Morgan fingerprint density at radius 2 is 1.36 bits per heavy atom. The van der Waals surface area contributed by atoms with Crippen molar-refractivity contribution >= 4 is 29.6 Å². The number of rotatable bonds is 10. The molecule has 10 heteroatoms. The highest BCUT2D eigenvalue weighted by Gasteiger charge is 2.33. The molecule has 0 aromatic heterocycles. The summed E-state index contributed by atoms with van der Waals surface area (Å²) in [6.45, 7) is 11.3. The lowest BCUT2D eigenvalue weighted by molar-refractivity contribution is -0.155. The average molecular weight is 587 g/mol. The molecule has 4 amide bonds. The zero-order valence-corrected chi connectivity index (χ0v) is 26.0. The molecule has 10 nitrogen and oxygen atoms in total. The predicted molar refractivity (Wildman–Crippen MR) is 161 cm³/mol. The zero-order chi connectivity index (χ0) is 31.2. The third-order valence-corrected chi connectivity index (χ3v) is 7.16. The van der Waals surface area contributed by atoms with E-state index in [2.05, 4.69) is 28.2 Å². The third-order valence-electron chi connectivity index (χ3n) is 7.16. The second-order valence-electron chi connectivity index (χ2n) is 12.2. The van der Waals surface area contributed by atoms with Crippen LogP contribution >= 0.6 is 0 Å². The second kappa shape index (κ2) is 17.5. The quantitative estimate of drug-likeness (QED) is 0.245. The van der Waals surface area contributed by atoms with Gasteiger partial charge in [0.15, 0.2) is 0 Å². The van der Waals surface area contributed by atoms with Crippen LogP contribution < -0.4 is 21.3 Å². The maximum atomic E-state index is 13.6. The normalized spacial score (nSPS) is 25.0. The van der Waals surface area contributed by atoms with Crippen LogP contribution in [-0.4, -0.2) is 59.9 Å². The van der Waals surface area contributed by atoms with Crippen LogP contribution in [0.1, 0.15) is 92.1 Å². The molecule has 0 spiro atoms. The number of esters is 1. The maximum absolute atomic E-state index is 13.6. The predicted octanol–water partition coefficient (Wildman–Crippen LogP) is 3.18. The van der Waals surface area contributed by atoms with Gasteiger partial charge in [0.25, 0.3) is 0 Å². The molecular weight excluding hydrogens is 536 g/mol. The second-order valence-corrected chi connectivity index (χ2v) is 12.2. The van der Waals surface area contributed by atoms with Gasteiger partial charge < -0.3 is 26.0 Å². The molecular formula is C32H50N4O6. The standard InChI is InChI=1S/C32H50N4O6/c1-7-8-10-15-24-19-28(37)34-26(18-23-13-11-9-12-14-23)31(40)35-25(16-20(2)3)30(39)33-22(6)29(38)36-27(17-21(4)5)32(41)42-24/h9,11-14,20-22,24-27H,7-8,10,15-19H2,1-6H3,(H,33,39)(H,34,37)(H,35,40)(H,36,38). The molecule has 2 rings (SSSR count). The van der Waals surface area contributed by atoms with Gasteiger partial charge in [-0.15, -0.1) is 0 Å². The zero-order valence-electron chi connectivity index (χ0n) is 26.0. The lowest BCUT2D eigenvalue weighted by Crippen LogP contribution is -2.58. The molecule has 0 aliphatic carbocycles. The van der Waals surface area contributed by atoms with Gasteiger partial charge in [0.05, 0.1) is 6.42 Å². The minimum Gasteiger partial charge on any atom is -0.460 e. The fraction of sp³-hybridized carbons (Fsp3) is 0.656. The first-order valence-corrected chi connectivity index (χ1v) is 15.3. The van der Waals surface area contributed by atoms with E-state index >= 15 is 0 Å². The van der Waals surface area contributed by atoms with Crippen molar-refractivity contribution in [3.63, 3.8) is 0 Å². The highest BCUT2D eigenvalue weighted by Crippen LogP contribution is 2.16. The van der Waals surface area contributed by atoms with Crippen LogP contribution in [0.4, 0.5) is 0 Å². The number of cyclic esters (lactones) is 1. The molecule has 1 heterocycles. The number of carbonyl (C=O) groups excluding carboxylic acids is 5. The molecule has 5 atom stereocenters. The molecule has 0 radical (unpaired) electrons. The smallest absolute Gasteiger partial charge is 0.328 e. The monoisotopic (exact) mass is 586 g/mol. The summed E-state index contributed by atoms with van der Waals surface area (Å²) in [4.78, 5) is 66.6. The molecule has 234 valence electrons. The molecule has 1 saturated heterocycles. The lowest BCUT2D eigenvalue weighted by atomic mass is 10.00. The van der Waals surface area contributed by atoms with Crippen LogP contribution in [0.5, 0.6) is 0 Å². The van der Waals surface area contributed by atoms with Crippen LogP contribution in [0, 0.1) is 11.8 Å². The number of carbonyl (C=O) groups is 5. The largest absolute Gasteiger partial charge is 0.460 e. The van der Waals surface area contributed by atoms with Gasteiger partial charge >= 0.3 is 5.97 Å². The minimum atomic E-state index is -0.961. The van der Waals surface area contributed by atoms with E-state index in [0.29, 0.717) is 19.3 Å². The Morgan fingerprint density at radius 3 is 1.98 bits per heavy atom. The van der Waals surface area contributed by atoms with E-state index in [1.165, 1.54) is 6.92 Å². The van der Waals surface area contributed by atoms with Crippen LogP contribution in [0.2, 0.25) is 0 Å². The summed E-state index contributed by atoms with van der Waals surface area (Å²) in [5, 5.41) is 11.1. The van der Waals surface area contributed by atoms with Crippen molar-refractivity contribution in [3.05, 3.63) is 35.9 Å². The van der Waals surface area contributed by atoms with E-state index in [9.17, 15) is 24.0 Å². The SMILES string of the molecule is CCCCCC1CC(=O)NC(Cc2ccccc2)C(=O)NC(CC(C)C)C(=O)NC(C)C(=O)NC(CC(C)C)C(=O)O1. The summed E-state index contributed by atoms with van der Waals surface area (Å²) in [6.07, 6.45) is 3.16. The highest BCUT2D eigenvalue weighted by atomic mass is 16.5. The molecule has 1 aromatic carbocycles. The highest BCUT2D eigenvalue weighted by molar-refractivity contribution is 5.95. The number of amides is 4. The van der Waals surface area contributed by atoms with Crippen LogP contribution in [0.3, 0.4) is 0 Å². The summed E-state index contributed by atoms with van der Waals surface area (Å²) in [5.74, 6) is -2.47. The Kier molecular flexibility index (Phi) is 14.5. The number of nitrogens with one attached hydrogen (secondary N) is 4. The Bertz CT molecular complexity index is 1040. The van der Waals surface area contributed by atoms with Crippen LogP contribution in [0.15, 0.2) is 30.3 Å². The first-order valence-electron chi connectivity index (χ1n) is 15.3. The van der Waals surface area contributed by atoms with Crippen LogP contribution in [-0.2, 0) is 35.1 Å². The fourth-order valence-corrected chi connectivity index (χ4v) is 4.93. The molecule has 5 unspecified atom stereocenters. The third kappa shape index (κ3) is 12.2. The maximum Gasteiger partial charge on any atom is 0.328 e. The summed E-state index contributed by atoms with van der Waals surface area (Å²) in [7, 11) is 0. The number of benzene rings is 1. The molecule has 4 N–H and O–H groups in total. The Morgan fingerprint density at radius 1 is 0.762 bits per heavy atom. The Hall–Kier alpha value is -3.43. The fourth-order valence-electron chi connectivity index (χ4n) is 4.93. The topological polar surface area (TPSA) is 143 Å². The van der Waals surface area contributed by atoms with Crippen molar-refractivity contribution < 1.29 is 28.7 Å². The summed E-state index contributed by atoms with van der Waals surface area (Å²) < 4.78 is 5.83. The van der Waals surface area contributed by atoms with Crippen molar-refractivity contribution in [2.24, 2.45) is 11.8 Å². The number of hydrogen-bond acceptors (Lipinski definition) is 6. The molecule has 1 aliphatic heterocycles. The van der Waals surface area contributed by atoms with E-state index in [4.69, 9.17) is 4.74 Å². The first-order chi connectivity index (χ1) is 19.9. The van der Waals surface area contributed by atoms with Crippen molar-refractivity contribution in [2.75, 3.05) is 0 Å². The average Bonchev–Trinajstić information content (AvgIpc) is 2.91. The molecule has 1 aliphatic rings. The van der Waals surface area contributed by atoms with E-state index in [1.54, 1.807) is 0 Å². The van der Waals surface area contributed by atoms with Crippen molar-refractivity contribution in [1.82, 2.24) is 21.3 Å². The van der Waals surface area contributed by atoms with Gasteiger partial charge in [-0.1, -0.05) is 77.8 Å². The molecule has 0 bridgehead atoms. The Balaban J connectivity index is 2.45. The van der Waals surface area contributed by atoms with Gasteiger partial charge in [-0.3, -0.25) is 19.2 Å². The van der Waals surface area contributed by atoms with Gasteiger partial charge in [-0.05, 0) is 50.0 Å². The first kappa shape index (κ1) is 34.8. The summed E-state index contributed by atoms with van der Waals surface area (Å²) >= 11 is 0. The number of ether oxygens (including phenoxy) is 1. The number of hydrogen-bond donors (Lipinski definition) is 4. The van der Waals surface area contributed by atoms with E-state index in [1.807, 2.05) is 58.0 Å². The Labute approximate surface area is 250 Å². The molecule has 0 saturated carbocycles. The minimum absolute atomic E-state index is 0.0621. The van der Waals surface area contributed by atoms with E-state index < -0.39 is 59.9 Å². The summed E-state index contributed by atoms with van der Waals surface area (Å²) in [6, 6.07) is 5.51. The number of unbranched alkanes of at least 4 members (excludes halogenated alkanes) is 2. The molecule has 42 heavy (non-hydrogen) atoms.